The Kier molecular flexibility index (Phi) is 4.68. The van der Waals surface area contributed by atoms with E-state index in [0.717, 1.165) is 19.4 Å². The van der Waals surface area contributed by atoms with E-state index in [1.54, 1.807) is 0 Å². The van der Waals surface area contributed by atoms with Gasteiger partial charge in [-0.1, -0.05) is 13.8 Å². The van der Waals surface area contributed by atoms with Gasteiger partial charge in [0.25, 0.3) is 0 Å². The van der Waals surface area contributed by atoms with E-state index in [2.05, 4.69) is 24.2 Å². The Hall–Kier alpha value is -1.10. The number of rotatable bonds is 3. The third-order valence-corrected chi connectivity index (χ3v) is 4.88. The Morgan fingerprint density at radius 2 is 1.95 bits per heavy atom. The molecule has 0 aromatic rings. The van der Waals surface area contributed by atoms with E-state index in [1.807, 2.05) is 18.7 Å². The minimum Gasteiger partial charge on any atom is -0.343 e. The van der Waals surface area contributed by atoms with Crippen LogP contribution < -0.4 is 5.32 Å². The summed E-state index contributed by atoms with van der Waals surface area (Å²) in [6, 6.07) is 0.0500. The SMILES string of the molecule is CCC1NC(=O)C(CC)N(C2CCN(C)C(C)C2)C1=O. The van der Waals surface area contributed by atoms with Gasteiger partial charge in [0.1, 0.15) is 12.1 Å². The third-order valence-electron chi connectivity index (χ3n) is 4.88. The second-order valence-corrected chi connectivity index (χ2v) is 6.15. The fourth-order valence-corrected chi connectivity index (χ4v) is 3.40. The summed E-state index contributed by atoms with van der Waals surface area (Å²) in [6.07, 6.45) is 3.28. The molecule has 2 saturated heterocycles. The van der Waals surface area contributed by atoms with Crippen LogP contribution in [0.15, 0.2) is 0 Å². The minimum absolute atomic E-state index is 0.0190. The van der Waals surface area contributed by atoms with Crippen LogP contribution in [0.1, 0.15) is 46.5 Å². The van der Waals surface area contributed by atoms with Gasteiger partial charge in [0.05, 0.1) is 0 Å². The number of likely N-dealkylation sites (tertiary alicyclic amines) is 1. The number of nitrogens with zero attached hydrogens (tertiary/aromatic N) is 2. The average Bonchev–Trinajstić information content (AvgIpc) is 2.43. The van der Waals surface area contributed by atoms with Gasteiger partial charge in [0.15, 0.2) is 0 Å². The van der Waals surface area contributed by atoms with Crippen molar-refractivity contribution in [2.45, 2.75) is 70.6 Å². The summed E-state index contributed by atoms with van der Waals surface area (Å²) >= 11 is 0. The van der Waals surface area contributed by atoms with Gasteiger partial charge in [-0.2, -0.15) is 0 Å². The van der Waals surface area contributed by atoms with Crippen LogP contribution in [-0.2, 0) is 9.59 Å². The maximum Gasteiger partial charge on any atom is 0.246 e. The molecule has 0 saturated carbocycles. The Bertz CT molecular complexity index is 385. The first kappa shape index (κ1) is 15.3. The maximum absolute atomic E-state index is 12.7. The Labute approximate surface area is 121 Å². The average molecular weight is 281 g/mol. The lowest BCUT2D eigenvalue weighted by Gasteiger charge is -2.47. The molecule has 0 spiro atoms. The predicted octanol–water partition coefficient (Wildman–Crippen LogP) is 0.985. The molecular weight excluding hydrogens is 254 g/mol. The highest BCUT2D eigenvalue weighted by molar-refractivity contribution is 5.97. The zero-order valence-corrected chi connectivity index (χ0v) is 13.1. The van der Waals surface area contributed by atoms with Crippen molar-refractivity contribution in [3.63, 3.8) is 0 Å². The van der Waals surface area contributed by atoms with Crippen molar-refractivity contribution < 1.29 is 9.59 Å². The van der Waals surface area contributed by atoms with Crippen molar-refractivity contribution in [2.75, 3.05) is 13.6 Å². The first-order chi connectivity index (χ1) is 9.49. The lowest BCUT2D eigenvalue weighted by atomic mass is 9.92. The molecule has 0 aromatic heterocycles. The number of piperidine rings is 1. The van der Waals surface area contributed by atoms with Crippen LogP contribution in [0.5, 0.6) is 0 Å². The van der Waals surface area contributed by atoms with Gasteiger partial charge in [-0.25, -0.2) is 0 Å². The maximum atomic E-state index is 12.7. The van der Waals surface area contributed by atoms with Crippen LogP contribution in [0.4, 0.5) is 0 Å². The number of carbonyl (C=O) groups excluding carboxylic acids is 2. The van der Waals surface area contributed by atoms with Gasteiger partial charge < -0.3 is 15.1 Å². The van der Waals surface area contributed by atoms with Crippen LogP contribution in [0.2, 0.25) is 0 Å². The Morgan fingerprint density at radius 1 is 1.25 bits per heavy atom. The van der Waals surface area contributed by atoms with Crippen molar-refractivity contribution >= 4 is 11.8 Å². The summed E-state index contributed by atoms with van der Waals surface area (Å²) in [5.41, 5.74) is 0. The van der Waals surface area contributed by atoms with Crippen molar-refractivity contribution in [2.24, 2.45) is 0 Å². The molecule has 0 aliphatic carbocycles. The van der Waals surface area contributed by atoms with Crippen LogP contribution in [0.25, 0.3) is 0 Å². The molecular formula is C15H27N3O2. The number of hydrogen-bond donors (Lipinski definition) is 1. The highest BCUT2D eigenvalue weighted by atomic mass is 16.2. The molecule has 2 aliphatic heterocycles. The van der Waals surface area contributed by atoms with E-state index in [4.69, 9.17) is 0 Å². The Morgan fingerprint density at radius 3 is 2.50 bits per heavy atom. The second kappa shape index (κ2) is 6.12. The van der Waals surface area contributed by atoms with Crippen LogP contribution in [0.3, 0.4) is 0 Å². The van der Waals surface area contributed by atoms with E-state index >= 15 is 0 Å². The molecule has 2 aliphatic rings. The molecule has 5 heteroatoms. The molecule has 0 aromatic carbocycles. The summed E-state index contributed by atoms with van der Waals surface area (Å²) in [7, 11) is 2.12. The lowest BCUT2D eigenvalue weighted by Crippen LogP contribution is -2.66. The highest BCUT2D eigenvalue weighted by Gasteiger charge is 2.43. The van der Waals surface area contributed by atoms with Crippen molar-refractivity contribution in [1.29, 1.82) is 0 Å². The number of piperazine rings is 1. The van der Waals surface area contributed by atoms with Gasteiger partial charge in [-0.05, 0) is 39.7 Å². The molecule has 2 rings (SSSR count). The van der Waals surface area contributed by atoms with Gasteiger partial charge >= 0.3 is 0 Å². The summed E-state index contributed by atoms with van der Waals surface area (Å²) in [5, 5.41) is 2.87. The largest absolute Gasteiger partial charge is 0.343 e. The molecule has 4 atom stereocenters. The lowest BCUT2D eigenvalue weighted by molar-refractivity contribution is -0.154. The van der Waals surface area contributed by atoms with Crippen molar-refractivity contribution in [3.05, 3.63) is 0 Å². The summed E-state index contributed by atoms with van der Waals surface area (Å²) in [4.78, 5) is 29.1. The number of nitrogens with one attached hydrogen (secondary N) is 1. The highest BCUT2D eigenvalue weighted by Crippen LogP contribution is 2.26. The quantitative estimate of drug-likeness (QED) is 0.839. The second-order valence-electron chi connectivity index (χ2n) is 6.15. The zero-order chi connectivity index (χ0) is 14.9. The molecule has 0 radical (unpaired) electrons. The molecule has 114 valence electrons. The number of hydrogen-bond acceptors (Lipinski definition) is 3. The van der Waals surface area contributed by atoms with E-state index < -0.39 is 0 Å². The molecule has 2 fully saturated rings. The van der Waals surface area contributed by atoms with Gasteiger partial charge in [0, 0.05) is 18.6 Å². The van der Waals surface area contributed by atoms with Crippen LogP contribution in [0, 0.1) is 0 Å². The van der Waals surface area contributed by atoms with E-state index in [0.29, 0.717) is 18.9 Å². The molecule has 0 bridgehead atoms. The molecule has 2 amide bonds. The topological polar surface area (TPSA) is 52.7 Å². The van der Waals surface area contributed by atoms with Gasteiger partial charge in [-0.3, -0.25) is 9.59 Å². The smallest absolute Gasteiger partial charge is 0.246 e. The van der Waals surface area contributed by atoms with E-state index in [-0.39, 0.29) is 29.9 Å². The first-order valence-electron chi connectivity index (χ1n) is 7.82. The van der Waals surface area contributed by atoms with E-state index in [9.17, 15) is 9.59 Å². The summed E-state index contributed by atoms with van der Waals surface area (Å²) < 4.78 is 0. The first-order valence-corrected chi connectivity index (χ1v) is 7.82. The monoisotopic (exact) mass is 281 g/mol. The minimum atomic E-state index is -0.333. The zero-order valence-electron chi connectivity index (χ0n) is 13.1. The van der Waals surface area contributed by atoms with Crippen LogP contribution >= 0.6 is 0 Å². The molecule has 5 nitrogen and oxygen atoms in total. The Balaban J connectivity index is 2.20. The standard InChI is InChI=1S/C15H27N3O2/c1-5-12-15(20)18(13(6-2)14(19)16-12)11-7-8-17(4)10(3)9-11/h10-13H,5-9H2,1-4H3,(H,16,19). The molecule has 1 N–H and O–H groups in total. The normalized spacial score (nSPS) is 36.1. The van der Waals surface area contributed by atoms with Crippen molar-refractivity contribution in [3.8, 4) is 0 Å². The third kappa shape index (κ3) is 2.68. The van der Waals surface area contributed by atoms with Crippen molar-refractivity contribution in [1.82, 2.24) is 15.1 Å². The predicted molar refractivity (Wildman–Crippen MR) is 78.3 cm³/mol. The fourth-order valence-electron chi connectivity index (χ4n) is 3.40. The van der Waals surface area contributed by atoms with Crippen LogP contribution in [-0.4, -0.2) is 59.4 Å². The molecule has 4 unspecified atom stereocenters. The number of carbonyl (C=O) groups is 2. The molecule has 2 heterocycles. The van der Waals surface area contributed by atoms with Gasteiger partial charge in [0.2, 0.25) is 11.8 Å². The van der Waals surface area contributed by atoms with E-state index in [1.165, 1.54) is 0 Å². The van der Waals surface area contributed by atoms with Gasteiger partial charge in [-0.15, -0.1) is 0 Å². The summed E-state index contributed by atoms with van der Waals surface area (Å²) in [5.74, 6) is 0.131. The number of amides is 2. The summed E-state index contributed by atoms with van der Waals surface area (Å²) in [6.45, 7) is 7.11. The molecule has 20 heavy (non-hydrogen) atoms. The fraction of sp³-hybridized carbons (Fsp3) is 0.867.